The number of nitrogens with zero attached hydrogens (tertiary/aromatic N) is 2. The molecule has 0 aliphatic heterocycles. The lowest BCUT2D eigenvalue weighted by Gasteiger charge is -2.10. The lowest BCUT2D eigenvalue weighted by atomic mass is 10.2. The summed E-state index contributed by atoms with van der Waals surface area (Å²) in [6.07, 6.45) is 3.95. The quantitative estimate of drug-likeness (QED) is 0.615. The van der Waals surface area contributed by atoms with Gasteiger partial charge in [0.15, 0.2) is 11.5 Å². The summed E-state index contributed by atoms with van der Waals surface area (Å²) in [6.45, 7) is 2.63. The molecule has 0 unspecified atom stereocenters. The van der Waals surface area contributed by atoms with Crippen molar-refractivity contribution >= 4 is 12.1 Å². The second-order valence-corrected chi connectivity index (χ2v) is 5.30. The van der Waals surface area contributed by atoms with Crippen molar-refractivity contribution in [2.75, 3.05) is 13.7 Å². The molecule has 2 rings (SSSR count). The number of hydrazone groups is 1. The Labute approximate surface area is 145 Å². The standard InChI is InChI=1S/C18H21N3O4/c1-4-10-25-15-8-7-13(11-16(15)24-3)12-19-20-17(22)14-6-5-9-21(2)18(14)23/h5-9,11-12H,4,10H2,1-3H3,(H,20,22)/b19-12-. The maximum Gasteiger partial charge on any atom is 0.276 e. The summed E-state index contributed by atoms with van der Waals surface area (Å²) in [5.41, 5.74) is 2.72. The van der Waals surface area contributed by atoms with E-state index in [4.69, 9.17) is 9.47 Å². The number of ether oxygens (including phenoxy) is 2. The van der Waals surface area contributed by atoms with Crippen LogP contribution in [0.4, 0.5) is 0 Å². The van der Waals surface area contributed by atoms with Crippen LogP contribution in [0.2, 0.25) is 0 Å². The third-order valence-corrected chi connectivity index (χ3v) is 3.40. The van der Waals surface area contributed by atoms with Gasteiger partial charge in [-0.05, 0) is 42.3 Å². The van der Waals surface area contributed by atoms with Crippen LogP contribution >= 0.6 is 0 Å². The van der Waals surface area contributed by atoms with Crippen molar-refractivity contribution in [2.45, 2.75) is 13.3 Å². The molecule has 1 amide bonds. The predicted molar refractivity (Wildman–Crippen MR) is 95.5 cm³/mol. The van der Waals surface area contributed by atoms with E-state index < -0.39 is 5.91 Å². The summed E-state index contributed by atoms with van der Waals surface area (Å²) in [6, 6.07) is 8.41. The minimum Gasteiger partial charge on any atom is -0.493 e. The van der Waals surface area contributed by atoms with Gasteiger partial charge in [0.1, 0.15) is 5.56 Å². The number of pyridine rings is 1. The van der Waals surface area contributed by atoms with Gasteiger partial charge in [-0.25, -0.2) is 5.43 Å². The number of carbonyl (C=O) groups excluding carboxylic acids is 1. The van der Waals surface area contributed by atoms with Crippen LogP contribution in [0.25, 0.3) is 0 Å². The third kappa shape index (κ3) is 4.69. The molecule has 0 saturated heterocycles. The second kappa shape index (κ2) is 8.68. The SMILES string of the molecule is CCCOc1ccc(/C=N\NC(=O)c2cccn(C)c2=O)cc1OC. The Bertz CT molecular complexity index is 827. The molecule has 0 fully saturated rings. The molecule has 25 heavy (non-hydrogen) atoms. The first-order valence-electron chi connectivity index (χ1n) is 7.86. The van der Waals surface area contributed by atoms with Crippen LogP contribution in [-0.2, 0) is 7.05 Å². The first-order chi connectivity index (χ1) is 12.1. The monoisotopic (exact) mass is 343 g/mol. The van der Waals surface area contributed by atoms with Crippen LogP contribution in [0.3, 0.4) is 0 Å². The summed E-state index contributed by atoms with van der Waals surface area (Å²) in [5, 5.41) is 3.89. The van der Waals surface area contributed by atoms with Crippen LogP contribution in [0, 0.1) is 0 Å². The number of hydrogen-bond donors (Lipinski definition) is 1. The van der Waals surface area contributed by atoms with E-state index in [9.17, 15) is 9.59 Å². The first-order valence-corrected chi connectivity index (χ1v) is 7.86. The average molecular weight is 343 g/mol. The number of rotatable bonds is 7. The van der Waals surface area contributed by atoms with Gasteiger partial charge in [0.05, 0.1) is 19.9 Å². The Balaban J connectivity index is 2.07. The van der Waals surface area contributed by atoms with E-state index in [1.165, 1.54) is 16.8 Å². The van der Waals surface area contributed by atoms with Gasteiger partial charge in [0.2, 0.25) is 0 Å². The van der Waals surface area contributed by atoms with Crippen molar-refractivity contribution in [2.24, 2.45) is 12.1 Å². The zero-order chi connectivity index (χ0) is 18.2. The summed E-state index contributed by atoms with van der Waals surface area (Å²) in [5.74, 6) is 0.672. The van der Waals surface area contributed by atoms with Gasteiger partial charge in [0, 0.05) is 13.2 Å². The fourth-order valence-electron chi connectivity index (χ4n) is 2.09. The molecule has 2 aromatic rings. The van der Waals surface area contributed by atoms with Crippen molar-refractivity contribution in [3.63, 3.8) is 0 Å². The van der Waals surface area contributed by atoms with E-state index in [0.717, 1.165) is 12.0 Å². The van der Waals surface area contributed by atoms with Gasteiger partial charge in [-0.2, -0.15) is 5.10 Å². The second-order valence-electron chi connectivity index (χ2n) is 5.30. The highest BCUT2D eigenvalue weighted by Gasteiger charge is 2.10. The Morgan fingerprint density at radius 3 is 2.84 bits per heavy atom. The number of amides is 1. The molecule has 0 saturated carbocycles. The van der Waals surface area contributed by atoms with Crippen molar-refractivity contribution < 1.29 is 14.3 Å². The molecule has 1 N–H and O–H groups in total. The van der Waals surface area contributed by atoms with Crippen LogP contribution in [0.1, 0.15) is 29.3 Å². The molecule has 0 atom stereocenters. The largest absolute Gasteiger partial charge is 0.493 e. The maximum atomic E-state index is 12.0. The highest BCUT2D eigenvalue weighted by Crippen LogP contribution is 2.27. The fraction of sp³-hybridized carbons (Fsp3) is 0.278. The van der Waals surface area contributed by atoms with Crippen molar-refractivity contribution in [3.8, 4) is 11.5 Å². The van der Waals surface area contributed by atoms with Crippen molar-refractivity contribution in [1.82, 2.24) is 9.99 Å². The number of hydrogen-bond acceptors (Lipinski definition) is 5. The number of nitrogens with one attached hydrogen (secondary N) is 1. The molecule has 0 spiro atoms. The lowest BCUT2D eigenvalue weighted by Crippen LogP contribution is -2.29. The molecular formula is C18H21N3O4. The van der Waals surface area contributed by atoms with Crippen LogP contribution in [0.15, 0.2) is 46.4 Å². The zero-order valence-electron chi connectivity index (χ0n) is 14.5. The number of benzene rings is 1. The number of aryl methyl sites for hydroxylation is 1. The summed E-state index contributed by atoms with van der Waals surface area (Å²) in [4.78, 5) is 23.9. The normalized spacial score (nSPS) is 10.7. The predicted octanol–water partition coefficient (Wildman–Crippen LogP) is 1.95. The molecular weight excluding hydrogens is 322 g/mol. The third-order valence-electron chi connectivity index (χ3n) is 3.40. The average Bonchev–Trinajstić information content (AvgIpc) is 2.62. The minimum absolute atomic E-state index is 0.0306. The Kier molecular flexibility index (Phi) is 6.33. The van der Waals surface area contributed by atoms with E-state index in [1.54, 1.807) is 44.6 Å². The Morgan fingerprint density at radius 2 is 2.12 bits per heavy atom. The van der Waals surface area contributed by atoms with Gasteiger partial charge in [-0.3, -0.25) is 9.59 Å². The first kappa shape index (κ1) is 18.3. The molecule has 1 aromatic carbocycles. The van der Waals surface area contributed by atoms with Crippen molar-refractivity contribution in [1.29, 1.82) is 0 Å². The molecule has 132 valence electrons. The van der Waals surface area contributed by atoms with Crippen LogP contribution in [0.5, 0.6) is 11.5 Å². The Morgan fingerprint density at radius 1 is 1.32 bits per heavy atom. The minimum atomic E-state index is -0.563. The molecule has 0 radical (unpaired) electrons. The topological polar surface area (TPSA) is 81.9 Å². The van der Waals surface area contributed by atoms with E-state index in [-0.39, 0.29) is 11.1 Å². The lowest BCUT2D eigenvalue weighted by molar-refractivity contribution is 0.0953. The van der Waals surface area contributed by atoms with E-state index in [2.05, 4.69) is 10.5 Å². The molecule has 0 aliphatic carbocycles. The molecule has 0 bridgehead atoms. The smallest absolute Gasteiger partial charge is 0.276 e. The van der Waals surface area contributed by atoms with Crippen molar-refractivity contribution in [3.05, 3.63) is 58.0 Å². The van der Waals surface area contributed by atoms with Gasteiger partial charge in [-0.1, -0.05) is 6.92 Å². The summed E-state index contributed by atoms with van der Waals surface area (Å²) < 4.78 is 12.2. The van der Waals surface area contributed by atoms with E-state index in [1.807, 2.05) is 6.92 Å². The summed E-state index contributed by atoms with van der Waals surface area (Å²) >= 11 is 0. The number of methoxy groups -OCH3 is 1. The molecule has 1 aromatic heterocycles. The maximum absolute atomic E-state index is 12.0. The summed E-state index contributed by atoms with van der Waals surface area (Å²) in [7, 11) is 3.14. The number of aromatic nitrogens is 1. The van der Waals surface area contributed by atoms with Gasteiger partial charge < -0.3 is 14.0 Å². The van der Waals surface area contributed by atoms with E-state index >= 15 is 0 Å². The molecule has 7 heteroatoms. The van der Waals surface area contributed by atoms with Gasteiger partial charge in [-0.15, -0.1) is 0 Å². The zero-order valence-corrected chi connectivity index (χ0v) is 14.5. The van der Waals surface area contributed by atoms with Gasteiger partial charge in [0.25, 0.3) is 11.5 Å². The highest BCUT2D eigenvalue weighted by atomic mass is 16.5. The molecule has 0 aliphatic rings. The fourth-order valence-corrected chi connectivity index (χ4v) is 2.09. The van der Waals surface area contributed by atoms with Crippen LogP contribution < -0.4 is 20.5 Å². The molecule has 1 heterocycles. The highest BCUT2D eigenvalue weighted by molar-refractivity contribution is 5.94. The Hall–Kier alpha value is -3.09. The number of carbonyl (C=O) groups is 1. The van der Waals surface area contributed by atoms with Gasteiger partial charge >= 0.3 is 0 Å². The van der Waals surface area contributed by atoms with Crippen LogP contribution in [-0.4, -0.2) is 30.4 Å². The van der Waals surface area contributed by atoms with E-state index in [0.29, 0.717) is 18.1 Å². The molecule has 7 nitrogen and oxygen atoms in total.